The number of aromatic nitrogens is 1. The van der Waals surface area contributed by atoms with Crippen LogP contribution in [0, 0.1) is 0 Å². The number of sulfonamides is 2. The van der Waals surface area contributed by atoms with E-state index in [9.17, 15) is 21.6 Å². The SMILES string of the molecule is CC(=O)c1ccc(S(=O)(=O)NNc2ccc(S(=O)(=O)N3CCCCC3)cn2)cc1. The summed E-state index contributed by atoms with van der Waals surface area (Å²) in [6.07, 6.45) is 3.88. The monoisotopic (exact) mass is 438 g/mol. The fourth-order valence-electron chi connectivity index (χ4n) is 2.91. The summed E-state index contributed by atoms with van der Waals surface area (Å²) in [5.74, 6) is -0.0182. The van der Waals surface area contributed by atoms with Crippen LogP contribution in [0.1, 0.15) is 36.5 Å². The molecule has 0 saturated carbocycles. The summed E-state index contributed by atoms with van der Waals surface area (Å²) in [5.41, 5.74) is 2.86. The Balaban J connectivity index is 1.67. The molecular formula is C18H22N4O5S2. The normalized spacial score (nSPS) is 15.8. The second-order valence-electron chi connectivity index (χ2n) is 6.65. The van der Waals surface area contributed by atoms with Crippen molar-refractivity contribution in [3.8, 4) is 0 Å². The fraction of sp³-hybridized carbons (Fsp3) is 0.333. The molecule has 29 heavy (non-hydrogen) atoms. The maximum atomic E-state index is 12.6. The number of nitrogens with zero attached hydrogens (tertiary/aromatic N) is 2. The molecule has 2 heterocycles. The predicted molar refractivity (Wildman–Crippen MR) is 107 cm³/mol. The third-order valence-electron chi connectivity index (χ3n) is 4.57. The summed E-state index contributed by atoms with van der Waals surface area (Å²) >= 11 is 0. The summed E-state index contributed by atoms with van der Waals surface area (Å²) in [7, 11) is -7.49. The van der Waals surface area contributed by atoms with Crippen molar-refractivity contribution < 1.29 is 21.6 Å². The largest absolute Gasteiger partial charge is 0.295 e. The minimum Gasteiger partial charge on any atom is -0.295 e. The Morgan fingerprint density at radius 2 is 1.55 bits per heavy atom. The van der Waals surface area contributed by atoms with E-state index in [4.69, 9.17) is 0 Å². The number of anilines is 1. The van der Waals surface area contributed by atoms with Crippen molar-refractivity contribution in [2.75, 3.05) is 18.5 Å². The zero-order chi connectivity index (χ0) is 21.1. The lowest BCUT2D eigenvalue weighted by Crippen LogP contribution is -2.35. The quantitative estimate of drug-likeness (QED) is 0.498. The van der Waals surface area contributed by atoms with E-state index in [0.717, 1.165) is 19.3 Å². The molecule has 2 aromatic rings. The van der Waals surface area contributed by atoms with Crippen LogP contribution in [0.25, 0.3) is 0 Å². The van der Waals surface area contributed by atoms with Crippen molar-refractivity contribution in [3.05, 3.63) is 48.2 Å². The third-order valence-corrected chi connectivity index (χ3v) is 7.72. The smallest absolute Gasteiger partial charge is 0.257 e. The molecule has 1 aromatic heterocycles. The van der Waals surface area contributed by atoms with Gasteiger partial charge in [-0.1, -0.05) is 18.6 Å². The van der Waals surface area contributed by atoms with Gasteiger partial charge >= 0.3 is 0 Å². The molecule has 0 unspecified atom stereocenters. The van der Waals surface area contributed by atoms with Gasteiger partial charge in [0, 0.05) is 24.8 Å². The predicted octanol–water partition coefficient (Wildman–Crippen LogP) is 1.76. The molecule has 1 aliphatic rings. The Morgan fingerprint density at radius 1 is 0.931 bits per heavy atom. The molecule has 0 radical (unpaired) electrons. The average molecular weight is 439 g/mol. The Kier molecular flexibility index (Phi) is 6.32. The van der Waals surface area contributed by atoms with Crippen molar-refractivity contribution in [1.82, 2.24) is 14.1 Å². The zero-order valence-corrected chi connectivity index (χ0v) is 17.5. The van der Waals surface area contributed by atoms with Gasteiger partial charge in [0.1, 0.15) is 10.7 Å². The second-order valence-corrected chi connectivity index (χ2v) is 10.3. The van der Waals surface area contributed by atoms with Gasteiger partial charge in [0.25, 0.3) is 10.0 Å². The number of nitrogens with one attached hydrogen (secondary N) is 2. The number of pyridine rings is 1. The van der Waals surface area contributed by atoms with Crippen LogP contribution < -0.4 is 10.3 Å². The lowest BCUT2D eigenvalue weighted by atomic mass is 10.2. The lowest BCUT2D eigenvalue weighted by molar-refractivity contribution is 0.101. The van der Waals surface area contributed by atoms with Gasteiger partial charge < -0.3 is 0 Å². The van der Waals surface area contributed by atoms with Gasteiger partial charge in [-0.2, -0.15) is 4.31 Å². The van der Waals surface area contributed by atoms with E-state index < -0.39 is 20.0 Å². The van der Waals surface area contributed by atoms with Crippen LogP contribution in [0.15, 0.2) is 52.4 Å². The van der Waals surface area contributed by atoms with Crippen LogP contribution >= 0.6 is 0 Å². The number of hydrazine groups is 1. The third kappa shape index (κ3) is 4.99. The standard InChI is InChI=1S/C18H22N4O5S2/c1-14(23)15-5-7-16(8-6-15)28(24,25)21-20-18-10-9-17(13-19-18)29(26,27)22-11-3-2-4-12-22/h5-10,13,21H,2-4,11-12H2,1H3,(H,19,20). The zero-order valence-electron chi connectivity index (χ0n) is 15.8. The molecule has 3 rings (SSSR count). The average Bonchev–Trinajstić information content (AvgIpc) is 2.73. The molecule has 1 aromatic carbocycles. The first-order chi connectivity index (χ1) is 13.7. The van der Waals surface area contributed by atoms with E-state index >= 15 is 0 Å². The van der Waals surface area contributed by atoms with Crippen molar-refractivity contribution in [3.63, 3.8) is 0 Å². The summed E-state index contributed by atoms with van der Waals surface area (Å²) in [4.78, 5) is 17.5. The van der Waals surface area contributed by atoms with Gasteiger partial charge in [0.2, 0.25) is 10.0 Å². The lowest BCUT2D eigenvalue weighted by Gasteiger charge is -2.25. The number of rotatable bonds is 7. The Bertz CT molecular complexity index is 1080. The molecule has 0 spiro atoms. The number of hydrogen-bond acceptors (Lipinski definition) is 7. The number of Topliss-reactive ketones (excluding diaryl/α,β-unsaturated/α-hetero) is 1. The summed E-state index contributed by atoms with van der Waals surface area (Å²) in [6.45, 7) is 2.37. The van der Waals surface area contributed by atoms with E-state index in [2.05, 4.69) is 15.2 Å². The van der Waals surface area contributed by atoms with E-state index in [1.54, 1.807) is 0 Å². The van der Waals surface area contributed by atoms with Gasteiger partial charge in [-0.05, 0) is 44.0 Å². The van der Waals surface area contributed by atoms with Crippen LogP contribution in [0.4, 0.5) is 5.82 Å². The van der Waals surface area contributed by atoms with E-state index in [0.29, 0.717) is 18.7 Å². The minimum absolute atomic E-state index is 0.0284. The molecule has 0 bridgehead atoms. The van der Waals surface area contributed by atoms with Crippen LogP contribution in [-0.2, 0) is 20.0 Å². The Morgan fingerprint density at radius 3 is 2.10 bits per heavy atom. The van der Waals surface area contributed by atoms with Crippen LogP contribution in [0.3, 0.4) is 0 Å². The van der Waals surface area contributed by atoms with Crippen LogP contribution in [-0.4, -0.2) is 45.0 Å². The number of carbonyl (C=O) groups excluding carboxylic acids is 1. The van der Waals surface area contributed by atoms with Crippen molar-refractivity contribution in [1.29, 1.82) is 0 Å². The molecular weight excluding hydrogens is 416 g/mol. The molecule has 9 nitrogen and oxygen atoms in total. The minimum atomic E-state index is -3.90. The number of piperidine rings is 1. The molecule has 0 atom stereocenters. The highest BCUT2D eigenvalue weighted by atomic mass is 32.2. The molecule has 1 saturated heterocycles. The molecule has 2 N–H and O–H groups in total. The van der Waals surface area contributed by atoms with Gasteiger partial charge in [-0.15, -0.1) is 4.83 Å². The molecule has 0 amide bonds. The highest BCUT2D eigenvalue weighted by molar-refractivity contribution is 7.89. The Labute approximate surface area is 170 Å². The highest BCUT2D eigenvalue weighted by Crippen LogP contribution is 2.20. The van der Waals surface area contributed by atoms with E-state index in [-0.39, 0.29) is 21.4 Å². The van der Waals surface area contributed by atoms with E-state index in [1.165, 1.54) is 53.8 Å². The van der Waals surface area contributed by atoms with E-state index in [1.807, 2.05) is 0 Å². The fourth-order valence-corrected chi connectivity index (χ4v) is 5.22. The molecule has 11 heteroatoms. The Hall–Kier alpha value is -2.34. The van der Waals surface area contributed by atoms with Crippen LogP contribution in [0.5, 0.6) is 0 Å². The second kappa shape index (κ2) is 8.57. The summed E-state index contributed by atoms with van der Waals surface area (Å²) < 4.78 is 51.3. The maximum absolute atomic E-state index is 12.6. The number of ketones is 1. The maximum Gasteiger partial charge on any atom is 0.257 e. The number of benzene rings is 1. The number of carbonyl (C=O) groups is 1. The summed E-state index contributed by atoms with van der Waals surface area (Å²) in [5, 5.41) is 0. The van der Waals surface area contributed by atoms with Crippen LogP contribution in [0.2, 0.25) is 0 Å². The topological polar surface area (TPSA) is 126 Å². The molecule has 156 valence electrons. The van der Waals surface area contributed by atoms with Gasteiger partial charge in [-0.3, -0.25) is 10.2 Å². The van der Waals surface area contributed by atoms with Crippen molar-refractivity contribution in [2.45, 2.75) is 36.0 Å². The van der Waals surface area contributed by atoms with Gasteiger partial charge in [0.15, 0.2) is 5.78 Å². The first kappa shape index (κ1) is 21.4. The molecule has 0 aliphatic carbocycles. The van der Waals surface area contributed by atoms with Gasteiger partial charge in [0.05, 0.1) is 4.90 Å². The highest BCUT2D eigenvalue weighted by Gasteiger charge is 2.26. The summed E-state index contributed by atoms with van der Waals surface area (Å²) in [6, 6.07) is 8.27. The number of hydrogen-bond donors (Lipinski definition) is 2. The molecule has 1 fully saturated rings. The van der Waals surface area contributed by atoms with Crippen molar-refractivity contribution >= 4 is 31.6 Å². The first-order valence-corrected chi connectivity index (χ1v) is 12.0. The van der Waals surface area contributed by atoms with Gasteiger partial charge in [-0.25, -0.2) is 21.8 Å². The first-order valence-electron chi connectivity index (χ1n) is 9.05. The molecule has 1 aliphatic heterocycles. The van der Waals surface area contributed by atoms with Crippen molar-refractivity contribution in [2.24, 2.45) is 0 Å².